The van der Waals surface area contributed by atoms with Crippen molar-refractivity contribution >= 4 is 68.1 Å². The Morgan fingerprint density at radius 3 is 2.16 bits per heavy atom. The minimum Gasteiger partial charge on any atom is -0.458 e. The van der Waals surface area contributed by atoms with E-state index in [1.165, 1.54) is 5.46 Å². The molecule has 0 bridgehead atoms. The fourth-order valence-corrected chi connectivity index (χ4v) is 7.20. The van der Waals surface area contributed by atoms with Crippen molar-refractivity contribution in [3.63, 3.8) is 0 Å². The lowest BCUT2D eigenvalue weighted by Gasteiger charge is -2.43. The summed E-state index contributed by atoms with van der Waals surface area (Å²) in [4.78, 5) is 13.8. The summed E-state index contributed by atoms with van der Waals surface area (Å²) in [5.41, 5.74) is 10.2. The standard InChI is InChI=1S/C38H23BN4O2/c1-3-13-28-26(11-1)39-27-12-2-5-16-32(27)44-34-23-31-38(37(35(34)39)42(28)25-18-21-40-22-19-25)45-33-17-6-4-14-29(33)43(31)30-15-7-9-24-10-8-20-41-36(24)30/h1-23H. The average molecular weight is 578 g/mol. The van der Waals surface area contributed by atoms with E-state index >= 15 is 0 Å². The topological polar surface area (TPSA) is 50.7 Å². The van der Waals surface area contributed by atoms with Gasteiger partial charge in [0.25, 0.3) is 6.71 Å². The van der Waals surface area contributed by atoms with Gasteiger partial charge in [0.2, 0.25) is 0 Å². The predicted octanol–water partition coefficient (Wildman–Crippen LogP) is 7.61. The molecule has 3 aliphatic heterocycles. The highest BCUT2D eigenvalue weighted by Gasteiger charge is 2.45. The molecule has 6 nitrogen and oxygen atoms in total. The highest BCUT2D eigenvalue weighted by Crippen LogP contribution is 2.58. The monoisotopic (exact) mass is 578 g/mol. The van der Waals surface area contributed by atoms with E-state index in [9.17, 15) is 0 Å². The highest BCUT2D eigenvalue weighted by atomic mass is 16.5. The first-order chi connectivity index (χ1) is 22.3. The van der Waals surface area contributed by atoms with E-state index in [1.54, 1.807) is 0 Å². The predicted molar refractivity (Wildman–Crippen MR) is 180 cm³/mol. The molecule has 0 unspecified atom stereocenters. The molecule has 0 spiro atoms. The molecular weight excluding hydrogens is 555 g/mol. The van der Waals surface area contributed by atoms with E-state index in [-0.39, 0.29) is 6.71 Å². The molecule has 0 saturated carbocycles. The number of fused-ring (bicyclic) bond motifs is 8. The van der Waals surface area contributed by atoms with Crippen molar-refractivity contribution < 1.29 is 9.47 Å². The zero-order valence-corrected chi connectivity index (χ0v) is 24.0. The van der Waals surface area contributed by atoms with Gasteiger partial charge in [0.1, 0.15) is 11.5 Å². The van der Waals surface area contributed by atoms with Crippen LogP contribution in [-0.4, -0.2) is 16.7 Å². The molecular formula is C38H23BN4O2. The molecule has 0 N–H and O–H groups in total. The van der Waals surface area contributed by atoms with Crippen LogP contribution < -0.4 is 35.7 Å². The Bertz CT molecular complexity index is 2320. The molecule has 5 aromatic carbocycles. The van der Waals surface area contributed by atoms with Crippen LogP contribution in [0.15, 0.2) is 140 Å². The SMILES string of the molecule is c1ccc2c(c1)Oc1cc3c(c4c1B2c1ccccc1N4c1ccncc1)Oc1ccccc1N3c1cccc2cccnc12. The van der Waals surface area contributed by atoms with Crippen molar-refractivity contribution in [3.8, 4) is 23.0 Å². The Hall–Kier alpha value is -6.08. The van der Waals surface area contributed by atoms with Crippen molar-refractivity contribution in [1.82, 2.24) is 9.97 Å². The van der Waals surface area contributed by atoms with Gasteiger partial charge in [-0.1, -0.05) is 66.7 Å². The molecule has 0 radical (unpaired) electrons. The summed E-state index contributed by atoms with van der Waals surface area (Å²) < 4.78 is 13.8. The third-order valence-corrected chi connectivity index (χ3v) is 9.02. The van der Waals surface area contributed by atoms with Crippen molar-refractivity contribution in [3.05, 3.63) is 140 Å². The maximum Gasteiger partial charge on any atom is 0.256 e. The van der Waals surface area contributed by atoms with Crippen LogP contribution in [0.2, 0.25) is 0 Å². The molecule has 3 aliphatic rings. The van der Waals surface area contributed by atoms with Crippen molar-refractivity contribution in [2.75, 3.05) is 9.80 Å². The Balaban J connectivity index is 1.34. The maximum atomic E-state index is 6.99. The van der Waals surface area contributed by atoms with Gasteiger partial charge in [0, 0.05) is 46.9 Å². The Kier molecular flexibility index (Phi) is 4.99. The fraction of sp³-hybridized carbons (Fsp3) is 0. The third kappa shape index (κ3) is 3.40. The van der Waals surface area contributed by atoms with Gasteiger partial charge in [-0.3, -0.25) is 9.97 Å². The van der Waals surface area contributed by atoms with E-state index < -0.39 is 0 Å². The number of para-hydroxylation sites is 5. The number of nitrogens with zero attached hydrogens (tertiary/aromatic N) is 4. The number of pyridine rings is 2. The van der Waals surface area contributed by atoms with Crippen LogP contribution in [0.25, 0.3) is 10.9 Å². The van der Waals surface area contributed by atoms with Crippen LogP contribution in [0, 0.1) is 0 Å². The fourth-order valence-electron chi connectivity index (χ4n) is 7.20. The Morgan fingerprint density at radius 2 is 1.27 bits per heavy atom. The third-order valence-electron chi connectivity index (χ3n) is 9.02. The summed E-state index contributed by atoms with van der Waals surface area (Å²) in [6.45, 7) is -0.0343. The van der Waals surface area contributed by atoms with Crippen LogP contribution >= 0.6 is 0 Å². The largest absolute Gasteiger partial charge is 0.458 e. The number of aromatic nitrogens is 2. The highest BCUT2D eigenvalue weighted by molar-refractivity contribution is 6.99. The van der Waals surface area contributed by atoms with Gasteiger partial charge in [-0.15, -0.1) is 0 Å². The number of rotatable bonds is 2. The number of benzene rings is 5. The Labute approximate surface area is 259 Å². The van der Waals surface area contributed by atoms with Gasteiger partial charge in [-0.2, -0.15) is 0 Å². The normalized spacial score (nSPS) is 13.6. The molecule has 0 amide bonds. The molecule has 5 heterocycles. The molecule has 45 heavy (non-hydrogen) atoms. The Morgan fingerprint density at radius 1 is 0.533 bits per heavy atom. The lowest BCUT2D eigenvalue weighted by Crippen LogP contribution is -2.59. The van der Waals surface area contributed by atoms with Crippen LogP contribution in [0.3, 0.4) is 0 Å². The first-order valence-electron chi connectivity index (χ1n) is 15.0. The van der Waals surface area contributed by atoms with E-state index in [0.717, 1.165) is 79.0 Å². The zero-order chi connectivity index (χ0) is 29.5. The summed E-state index contributed by atoms with van der Waals surface area (Å²) in [6.07, 6.45) is 5.52. The molecule has 210 valence electrons. The van der Waals surface area contributed by atoms with E-state index in [1.807, 2.05) is 61.1 Å². The number of hydrogen-bond donors (Lipinski definition) is 0. The van der Waals surface area contributed by atoms with Gasteiger partial charge in [0.15, 0.2) is 11.5 Å². The summed E-state index contributed by atoms with van der Waals surface area (Å²) in [5, 5.41) is 1.07. The molecule has 0 saturated heterocycles. The second-order valence-electron chi connectivity index (χ2n) is 11.4. The molecule has 0 fully saturated rings. The molecule has 10 rings (SSSR count). The lowest BCUT2D eigenvalue weighted by molar-refractivity contribution is 0.469. The van der Waals surface area contributed by atoms with Gasteiger partial charge in [0.05, 0.1) is 28.3 Å². The van der Waals surface area contributed by atoms with Crippen LogP contribution in [0.1, 0.15) is 0 Å². The number of hydrogen-bond acceptors (Lipinski definition) is 6. The van der Waals surface area contributed by atoms with Gasteiger partial charge in [-0.05, 0) is 59.5 Å². The van der Waals surface area contributed by atoms with Gasteiger partial charge >= 0.3 is 0 Å². The average Bonchev–Trinajstić information content (AvgIpc) is 3.10. The van der Waals surface area contributed by atoms with E-state index in [0.29, 0.717) is 0 Å². The smallest absolute Gasteiger partial charge is 0.256 e. The van der Waals surface area contributed by atoms with Crippen molar-refractivity contribution in [1.29, 1.82) is 0 Å². The second kappa shape index (κ2) is 9.21. The maximum absolute atomic E-state index is 6.99. The zero-order valence-electron chi connectivity index (χ0n) is 24.0. The van der Waals surface area contributed by atoms with Crippen LogP contribution in [0.5, 0.6) is 23.0 Å². The molecule has 0 aliphatic carbocycles. The summed E-state index contributed by atoms with van der Waals surface area (Å²) in [5.74, 6) is 3.21. The number of anilines is 6. The molecule has 0 atom stereocenters. The molecule has 7 aromatic rings. The quantitative estimate of drug-likeness (QED) is 0.197. The second-order valence-corrected chi connectivity index (χ2v) is 11.4. The summed E-state index contributed by atoms with van der Waals surface area (Å²) in [6, 6.07) is 41.8. The molecule has 7 heteroatoms. The minimum atomic E-state index is -0.0343. The summed E-state index contributed by atoms with van der Waals surface area (Å²) >= 11 is 0. The van der Waals surface area contributed by atoms with Crippen molar-refractivity contribution in [2.45, 2.75) is 0 Å². The number of ether oxygens (including phenoxy) is 2. The lowest BCUT2D eigenvalue weighted by atomic mass is 9.34. The molecule has 2 aromatic heterocycles. The first-order valence-corrected chi connectivity index (χ1v) is 15.0. The van der Waals surface area contributed by atoms with Crippen LogP contribution in [-0.2, 0) is 0 Å². The van der Waals surface area contributed by atoms with Crippen LogP contribution in [0.4, 0.5) is 34.1 Å². The van der Waals surface area contributed by atoms with Gasteiger partial charge < -0.3 is 19.3 Å². The van der Waals surface area contributed by atoms with Crippen molar-refractivity contribution in [2.24, 2.45) is 0 Å². The van der Waals surface area contributed by atoms with E-state index in [2.05, 4.69) is 93.6 Å². The van der Waals surface area contributed by atoms with Gasteiger partial charge in [-0.25, -0.2) is 0 Å². The first kappa shape index (κ1) is 24.4. The summed E-state index contributed by atoms with van der Waals surface area (Å²) in [7, 11) is 0. The minimum absolute atomic E-state index is 0.0343. The van der Waals surface area contributed by atoms with E-state index in [4.69, 9.17) is 14.5 Å².